The molecule has 2 aliphatic heterocycles. The number of carbonyl (C=O) groups excluding carboxylic acids is 2. The minimum absolute atomic E-state index is 0.233. The first-order valence-corrected chi connectivity index (χ1v) is 6.70. The Hall–Kier alpha value is -1.64. The van der Waals surface area contributed by atoms with Gasteiger partial charge in [0.2, 0.25) is 12.3 Å². The van der Waals surface area contributed by atoms with Crippen LogP contribution in [0.1, 0.15) is 13.8 Å². The van der Waals surface area contributed by atoms with Crippen LogP contribution in [0.5, 0.6) is 0 Å². The van der Waals surface area contributed by atoms with Crippen LogP contribution >= 0.6 is 0 Å². The van der Waals surface area contributed by atoms with Crippen molar-refractivity contribution in [2.45, 2.75) is 36.1 Å². The molecule has 0 aromatic rings. The van der Waals surface area contributed by atoms with E-state index in [9.17, 15) is 22.8 Å². The summed E-state index contributed by atoms with van der Waals surface area (Å²) in [6.07, 6.45) is 0.233. The molecular formula is C9H12N2O6S. The standard InChI is InChI=1S/C9H12N2O6S/c1-9(2)5(8(14)15)11-6(13)4(10-3-12)7(11)18(9,16)17/h3-5,7H,1-2H3,(H,10,12)(H,14,15)/t4?,5-,7+/m0/s1. The van der Waals surface area contributed by atoms with Crippen LogP contribution < -0.4 is 5.32 Å². The Morgan fingerprint density at radius 3 is 2.50 bits per heavy atom. The number of hydrogen-bond acceptors (Lipinski definition) is 5. The molecule has 0 aromatic heterocycles. The maximum atomic E-state index is 12.2. The second kappa shape index (κ2) is 3.44. The maximum Gasteiger partial charge on any atom is 0.328 e. The normalized spacial score (nSPS) is 35.6. The Bertz CT molecular complexity index is 539. The predicted octanol–water partition coefficient (Wildman–Crippen LogP) is -2.07. The summed E-state index contributed by atoms with van der Waals surface area (Å²) in [6.45, 7) is 2.54. The van der Waals surface area contributed by atoms with Crippen LogP contribution in [0.15, 0.2) is 0 Å². The molecule has 1 unspecified atom stereocenters. The summed E-state index contributed by atoms with van der Waals surface area (Å²) < 4.78 is 22.8. The van der Waals surface area contributed by atoms with Gasteiger partial charge in [0, 0.05) is 0 Å². The Balaban J connectivity index is 2.52. The van der Waals surface area contributed by atoms with E-state index in [-0.39, 0.29) is 6.41 Å². The Morgan fingerprint density at radius 2 is 2.06 bits per heavy atom. The number of hydrogen-bond donors (Lipinski definition) is 2. The van der Waals surface area contributed by atoms with Crippen molar-refractivity contribution in [2.24, 2.45) is 0 Å². The number of amides is 2. The lowest BCUT2D eigenvalue weighted by Crippen LogP contribution is -2.71. The van der Waals surface area contributed by atoms with E-state index in [0.29, 0.717) is 0 Å². The quantitative estimate of drug-likeness (QED) is 0.451. The summed E-state index contributed by atoms with van der Waals surface area (Å²) in [5.74, 6) is -2.06. The summed E-state index contributed by atoms with van der Waals surface area (Å²) >= 11 is 0. The first-order chi connectivity index (χ1) is 8.17. The van der Waals surface area contributed by atoms with E-state index in [1.165, 1.54) is 13.8 Å². The van der Waals surface area contributed by atoms with Crippen LogP contribution in [0.25, 0.3) is 0 Å². The van der Waals surface area contributed by atoms with Crippen LogP contribution in [0.2, 0.25) is 0 Å². The van der Waals surface area contributed by atoms with E-state index >= 15 is 0 Å². The number of rotatable bonds is 3. The highest BCUT2D eigenvalue weighted by Gasteiger charge is 2.72. The van der Waals surface area contributed by atoms with Crippen molar-refractivity contribution >= 4 is 28.1 Å². The Morgan fingerprint density at radius 1 is 1.50 bits per heavy atom. The molecule has 2 saturated heterocycles. The second-order valence-corrected chi connectivity index (χ2v) is 7.41. The van der Waals surface area contributed by atoms with Crippen molar-refractivity contribution in [1.82, 2.24) is 10.2 Å². The number of fused-ring (bicyclic) bond motifs is 1. The summed E-state index contributed by atoms with van der Waals surface area (Å²) in [4.78, 5) is 34.0. The first-order valence-electron chi connectivity index (χ1n) is 5.16. The zero-order chi connectivity index (χ0) is 13.9. The summed E-state index contributed by atoms with van der Waals surface area (Å²) in [5, 5.41) is 9.92. The van der Waals surface area contributed by atoms with Crippen LogP contribution in [0.3, 0.4) is 0 Å². The average molecular weight is 276 g/mol. The number of carbonyl (C=O) groups is 3. The van der Waals surface area contributed by atoms with Crippen LogP contribution in [-0.2, 0) is 24.2 Å². The van der Waals surface area contributed by atoms with E-state index in [1.807, 2.05) is 0 Å². The number of nitrogens with zero attached hydrogens (tertiary/aromatic N) is 1. The number of carboxylic acids is 1. The van der Waals surface area contributed by atoms with Crippen molar-refractivity contribution in [3.05, 3.63) is 0 Å². The average Bonchev–Trinajstić information content (AvgIpc) is 2.38. The monoisotopic (exact) mass is 276 g/mol. The molecule has 2 aliphatic rings. The summed E-state index contributed by atoms with van der Waals surface area (Å²) in [7, 11) is -3.86. The van der Waals surface area contributed by atoms with Crippen molar-refractivity contribution in [2.75, 3.05) is 0 Å². The van der Waals surface area contributed by atoms with Crippen molar-refractivity contribution in [3.63, 3.8) is 0 Å². The van der Waals surface area contributed by atoms with E-state index < -0.39 is 43.9 Å². The first kappa shape index (κ1) is 12.8. The van der Waals surface area contributed by atoms with Crippen LogP contribution in [-0.4, -0.2) is 58.9 Å². The van der Waals surface area contributed by atoms with Gasteiger partial charge in [-0.25, -0.2) is 13.2 Å². The van der Waals surface area contributed by atoms with Gasteiger partial charge in [0.1, 0.15) is 16.8 Å². The zero-order valence-corrected chi connectivity index (χ0v) is 10.5. The van der Waals surface area contributed by atoms with E-state index in [0.717, 1.165) is 4.90 Å². The molecule has 3 atom stereocenters. The van der Waals surface area contributed by atoms with E-state index in [4.69, 9.17) is 5.11 Å². The molecule has 100 valence electrons. The highest BCUT2D eigenvalue weighted by Crippen LogP contribution is 2.45. The number of nitrogens with one attached hydrogen (secondary N) is 1. The molecule has 0 radical (unpaired) electrons. The lowest BCUT2D eigenvalue weighted by atomic mass is 9.96. The molecule has 2 amide bonds. The predicted molar refractivity (Wildman–Crippen MR) is 58.0 cm³/mol. The molecule has 0 aromatic carbocycles. The van der Waals surface area contributed by atoms with Gasteiger partial charge in [0.15, 0.2) is 15.2 Å². The molecule has 2 heterocycles. The van der Waals surface area contributed by atoms with Gasteiger partial charge in [-0.15, -0.1) is 0 Å². The fourth-order valence-corrected chi connectivity index (χ4v) is 4.76. The lowest BCUT2D eigenvalue weighted by molar-refractivity contribution is -0.160. The van der Waals surface area contributed by atoms with Crippen LogP contribution in [0, 0.1) is 0 Å². The fraction of sp³-hybridized carbons (Fsp3) is 0.667. The van der Waals surface area contributed by atoms with Gasteiger partial charge >= 0.3 is 5.97 Å². The van der Waals surface area contributed by atoms with Crippen molar-refractivity contribution in [1.29, 1.82) is 0 Å². The third-order valence-electron chi connectivity index (χ3n) is 3.55. The summed E-state index contributed by atoms with van der Waals surface area (Å²) in [6, 6.07) is -2.61. The molecule has 0 aliphatic carbocycles. The number of aliphatic carboxylic acids is 1. The van der Waals surface area contributed by atoms with Gasteiger partial charge in [-0.2, -0.15) is 0 Å². The van der Waals surface area contributed by atoms with E-state index in [2.05, 4.69) is 5.32 Å². The highest BCUT2D eigenvalue weighted by molar-refractivity contribution is 7.94. The molecule has 2 fully saturated rings. The largest absolute Gasteiger partial charge is 0.480 e. The zero-order valence-electron chi connectivity index (χ0n) is 9.65. The third kappa shape index (κ3) is 1.19. The number of β-lactam (4-membered cyclic amide) rings is 1. The lowest BCUT2D eigenvalue weighted by Gasteiger charge is -2.41. The smallest absolute Gasteiger partial charge is 0.328 e. The van der Waals surface area contributed by atoms with Gasteiger partial charge in [-0.05, 0) is 13.8 Å². The summed E-state index contributed by atoms with van der Waals surface area (Å²) in [5.41, 5.74) is 0. The minimum atomic E-state index is -3.86. The highest BCUT2D eigenvalue weighted by atomic mass is 32.2. The molecule has 0 saturated carbocycles. The molecule has 0 spiro atoms. The number of carboxylic acid groups (broad SMARTS) is 1. The molecular weight excluding hydrogens is 264 g/mol. The molecule has 2 N–H and O–H groups in total. The molecule has 9 heteroatoms. The minimum Gasteiger partial charge on any atom is -0.480 e. The van der Waals surface area contributed by atoms with Gasteiger partial charge in [0.05, 0.1) is 0 Å². The van der Waals surface area contributed by atoms with Gasteiger partial charge in [-0.1, -0.05) is 0 Å². The van der Waals surface area contributed by atoms with Gasteiger partial charge in [0.25, 0.3) is 0 Å². The van der Waals surface area contributed by atoms with Crippen molar-refractivity contribution < 1.29 is 27.9 Å². The fourth-order valence-electron chi connectivity index (χ4n) is 2.53. The van der Waals surface area contributed by atoms with Gasteiger partial charge < -0.3 is 15.3 Å². The second-order valence-electron chi connectivity index (χ2n) is 4.79. The molecule has 2 rings (SSSR count). The van der Waals surface area contributed by atoms with Crippen LogP contribution in [0.4, 0.5) is 0 Å². The molecule has 8 nitrogen and oxygen atoms in total. The van der Waals surface area contributed by atoms with Gasteiger partial charge in [-0.3, -0.25) is 9.59 Å². The molecule has 0 bridgehead atoms. The Labute approximate surface area is 103 Å². The van der Waals surface area contributed by atoms with Crippen molar-refractivity contribution in [3.8, 4) is 0 Å². The SMILES string of the molecule is CC1(C)[C@H](C(=O)O)N2C(=O)C(NC=O)[C@H]2S1(=O)=O. The van der Waals surface area contributed by atoms with E-state index in [1.54, 1.807) is 0 Å². The molecule has 18 heavy (non-hydrogen) atoms. The third-order valence-corrected chi connectivity index (χ3v) is 6.37. The number of sulfone groups is 1. The Kier molecular flexibility index (Phi) is 2.45. The topological polar surface area (TPSA) is 121 Å². The maximum absolute atomic E-state index is 12.2.